The minimum absolute atomic E-state index is 0.0862. The van der Waals surface area contributed by atoms with Gasteiger partial charge in [-0.15, -0.1) is 0 Å². The number of carboxylic acids is 1. The van der Waals surface area contributed by atoms with Gasteiger partial charge in [0.05, 0.1) is 23.8 Å². The molecule has 0 fully saturated rings. The summed E-state index contributed by atoms with van der Waals surface area (Å²) in [4.78, 5) is 75.7. The van der Waals surface area contributed by atoms with E-state index in [0.717, 1.165) is 6.07 Å². The fourth-order valence-corrected chi connectivity index (χ4v) is 5.59. The predicted octanol–water partition coefficient (Wildman–Crippen LogP) is 6.68. The van der Waals surface area contributed by atoms with Crippen LogP contribution < -0.4 is 16.0 Å². The Morgan fingerprint density at radius 3 is 1.87 bits per heavy atom. The van der Waals surface area contributed by atoms with Crippen molar-refractivity contribution < 1.29 is 48.5 Å². The molecule has 1 unspecified atom stereocenters. The Hall–Kier alpha value is -7.53. The zero-order chi connectivity index (χ0) is 39.8. The SMILES string of the molecule is Cc1c(NC(=O)c2ccc(NC(=O)c3ccc(NC(=O)C(CC#N)CC(=O)c4ccc(CC(=O)c5ccco5)cc4)cc3)c(C)c2O)ccc(C(=O)O)c1O. The second-order valence-electron chi connectivity index (χ2n) is 12.5. The number of amides is 3. The number of benzene rings is 4. The maximum absolute atomic E-state index is 13.1. The number of nitriles is 1. The van der Waals surface area contributed by atoms with Gasteiger partial charge >= 0.3 is 5.97 Å². The first kappa shape index (κ1) is 38.7. The summed E-state index contributed by atoms with van der Waals surface area (Å²) in [6.07, 6.45) is 1.04. The van der Waals surface area contributed by atoms with Crippen LogP contribution in [0.1, 0.15) is 81.5 Å². The van der Waals surface area contributed by atoms with Gasteiger partial charge in [-0.3, -0.25) is 24.0 Å². The van der Waals surface area contributed by atoms with Gasteiger partial charge in [0.15, 0.2) is 11.5 Å². The number of carbonyl (C=O) groups is 6. The Morgan fingerprint density at radius 2 is 1.29 bits per heavy atom. The number of anilines is 3. The summed E-state index contributed by atoms with van der Waals surface area (Å²) in [5, 5.41) is 47.4. The van der Waals surface area contributed by atoms with E-state index < -0.39 is 41.1 Å². The largest absolute Gasteiger partial charge is 0.507 e. The van der Waals surface area contributed by atoms with Crippen LogP contribution >= 0.6 is 0 Å². The maximum Gasteiger partial charge on any atom is 0.339 e. The first-order valence-corrected chi connectivity index (χ1v) is 16.7. The molecule has 0 saturated carbocycles. The van der Waals surface area contributed by atoms with Crippen LogP contribution in [-0.4, -0.2) is 50.6 Å². The monoisotopic (exact) mass is 742 g/mol. The number of nitrogens with one attached hydrogen (secondary N) is 3. The standard InChI is InChI=1S/C41H34N4O10/c1-22-31(15-13-29(36(22)48)40(52)45-32-16-14-30(41(53)54)37(49)23(32)2)44-38(50)26-9-11-28(12-10-26)43-39(51)27(17-18-42)21-33(46)25-7-5-24(6-8-25)20-34(47)35-4-3-19-55-35/h3-16,19,27,48-49H,17,20-21H2,1-2H3,(H,43,51)(H,44,50)(H,45,52)(H,53,54). The van der Waals surface area contributed by atoms with E-state index in [9.17, 15) is 49.3 Å². The molecule has 14 heteroatoms. The highest BCUT2D eigenvalue weighted by Gasteiger charge is 2.24. The molecule has 0 saturated heterocycles. The zero-order valence-electron chi connectivity index (χ0n) is 29.5. The van der Waals surface area contributed by atoms with Crippen molar-refractivity contribution in [1.29, 1.82) is 5.26 Å². The lowest BCUT2D eigenvalue weighted by molar-refractivity contribution is -0.119. The van der Waals surface area contributed by atoms with Gasteiger partial charge in [-0.1, -0.05) is 24.3 Å². The molecule has 6 N–H and O–H groups in total. The smallest absolute Gasteiger partial charge is 0.339 e. The Labute approximate surface area is 314 Å². The van der Waals surface area contributed by atoms with Crippen molar-refractivity contribution in [3.8, 4) is 17.6 Å². The third kappa shape index (κ3) is 9.10. The zero-order valence-corrected chi connectivity index (χ0v) is 29.5. The van der Waals surface area contributed by atoms with Crippen molar-refractivity contribution in [2.75, 3.05) is 16.0 Å². The minimum Gasteiger partial charge on any atom is -0.507 e. The van der Waals surface area contributed by atoms with Gasteiger partial charge in [-0.2, -0.15) is 5.26 Å². The van der Waals surface area contributed by atoms with Crippen LogP contribution in [0.5, 0.6) is 11.5 Å². The molecule has 1 atom stereocenters. The first-order valence-electron chi connectivity index (χ1n) is 16.7. The summed E-state index contributed by atoms with van der Waals surface area (Å²) >= 11 is 0. The number of nitrogens with zero attached hydrogens (tertiary/aromatic N) is 1. The molecule has 278 valence electrons. The summed E-state index contributed by atoms with van der Waals surface area (Å²) in [6, 6.07) is 22.5. The number of carboxylic acid groups (broad SMARTS) is 1. The van der Waals surface area contributed by atoms with E-state index in [1.54, 1.807) is 36.4 Å². The minimum atomic E-state index is -1.34. The number of Topliss-reactive ketones (excluding diaryl/α,β-unsaturated/α-hetero) is 2. The average Bonchev–Trinajstić information content (AvgIpc) is 3.71. The molecule has 1 aromatic heterocycles. The van der Waals surface area contributed by atoms with E-state index in [0.29, 0.717) is 16.8 Å². The summed E-state index contributed by atoms with van der Waals surface area (Å²) in [6.45, 7) is 2.92. The quantitative estimate of drug-likeness (QED) is 0.0657. The third-order valence-corrected chi connectivity index (χ3v) is 8.82. The van der Waals surface area contributed by atoms with Gasteiger partial charge in [-0.05, 0) is 80.1 Å². The lowest BCUT2D eigenvalue weighted by atomic mass is 9.94. The van der Waals surface area contributed by atoms with Crippen molar-refractivity contribution in [1.82, 2.24) is 0 Å². The van der Waals surface area contributed by atoms with Gasteiger partial charge in [0.2, 0.25) is 11.7 Å². The molecular formula is C41H34N4O10. The number of hydrogen-bond acceptors (Lipinski definition) is 10. The van der Waals surface area contributed by atoms with Gasteiger partial charge in [0.1, 0.15) is 17.1 Å². The molecule has 3 amide bonds. The molecule has 0 spiro atoms. The second kappa shape index (κ2) is 16.9. The number of furan rings is 1. The molecule has 5 aromatic rings. The molecular weight excluding hydrogens is 708 g/mol. The van der Waals surface area contributed by atoms with Gasteiger partial charge < -0.3 is 35.7 Å². The van der Waals surface area contributed by atoms with Crippen LogP contribution in [-0.2, 0) is 11.2 Å². The molecule has 1 heterocycles. The summed E-state index contributed by atoms with van der Waals surface area (Å²) in [5.74, 6) is -5.43. The number of ketones is 2. The number of hydrogen-bond donors (Lipinski definition) is 6. The number of aromatic carboxylic acids is 1. The highest BCUT2D eigenvalue weighted by Crippen LogP contribution is 2.32. The van der Waals surface area contributed by atoms with E-state index in [1.807, 2.05) is 6.07 Å². The highest BCUT2D eigenvalue weighted by atomic mass is 16.4. The number of phenolic OH excluding ortho intramolecular Hbond substituents is 1. The Balaban J connectivity index is 1.17. The normalized spacial score (nSPS) is 11.1. The third-order valence-electron chi connectivity index (χ3n) is 8.82. The van der Waals surface area contributed by atoms with Crippen LogP contribution in [0.3, 0.4) is 0 Å². The predicted molar refractivity (Wildman–Crippen MR) is 199 cm³/mol. The van der Waals surface area contributed by atoms with Crippen LogP contribution in [0.25, 0.3) is 0 Å². The fraction of sp³-hybridized carbons (Fsp3) is 0.146. The molecule has 0 radical (unpaired) electrons. The molecule has 14 nitrogen and oxygen atoms in total. The van der Waals surface area contributed by atoms with Gasteiger partial charge in [-0.25, -0.2) is 4.79 Å². The van der Waals surface area contributed by atoms with Crippen LogP contribution in [0.4, 0.5) is 17.1 Å². The van der Waals surface area contributed by atoms with Crippen LogP contribution in [0.2, 0.25) is 0 Å². The Kier molecular flexibility index (Phi) is 11.9. The van der Waals surface area contributed by atoms with Crippen molar-refractivity contribution in [2.24, 2.45) is 5.92 Å². The lowest BCUT2D eigenvalue weighted by Gasteiger charge is -2.15. The van der Waals surface area contributed by atoms with Gasteiger partial charge in [0.25, 0.3) is 11.8 Å². The van der Waals surface area contributed by atoms with Crippen LogP contribution in [0, 0.1) is 31.1 Å². The van der Waals surface area contributed by atoms with E-state index in [4.69, 9.17) is 4.42 Å². The maximum atomic E-state index is 13.1. The summed E-state index contributed by atoms with van der Waals surface area (Å²) in [7, 11) is 0. The molecule has 0 aliphatic heterocycles. The van der Waals surface area contributed by atoms with Crippen molar-refractivity contribution in [3.63, 3.8) is 0 Å². The Morgan fingerprint density at radius 1 is 0.709 bits per heavy atom. The molecule has 0 aliphatic carbocycles. The van der Waals surface area contributed by atoms with Gasteiger partial charge in [0, 0.05) is 58.6 Å². The molecule has 55 heavy (non-hydrogen) atoms. The summed E-state index contributed by atoms with van der Waals surface area (Å²) < 4.78 is 5.12. The van der Waals surface area contributed by atoms with Crippen molar-refractivity contribution in [3.05, 3.63) is 136 Å². The van der Waals surface area contributed by atoms with Crippen molar-refractivity contribution >= 4 is 52.3 Å². The molecule has 0 aliphatic rings. The van der Waals surface area contributed by atoms with E-state index in [1.165, 1.54) is 62.6 Å². The Bertz CT molecular complexity index is 2340. The first-order chi connectivity index (χ1) is 26.3. The lowest BCUT2D eigenvalue weighted by Crippen LogP contribution is -2.25. The van der Waals surface area contributed by atoms with Crippen LogP contribution in [0.15, 0.2) is 95.6 Å². The summed E-state index contributed by atoms with van der Waals surface area (Å²) in [5.41, 5.74) is 1.67. The molecule has 0 bridgehead atoms. The number of phenols is 2. The fourth-order valence-electron chi connectivity index (χ4n) is 5.59. The molecule has 4 aromatic carbocycles. The number of rotatable bonds is 14. The van der Waals surface area contributed by atoms with Crippen molar-refractivity contribution in [2.45, 2.75) is 33.1 Å². The second-order valence-corrected chi connectivity index (χ2v) is 12.5. The molecule has 5 rings (SSSR count). The van der Waals surface area contributed by atoms with E-state index in [-0.39, 0.29) is 75.8 Å². The van der Waals surface area contributed by atoms with E-state index >= 15 is 0 Å². The van der Waals surface area contributed by atoms with E-state index in [2.05, 4.69) is 16.0 Å². The highest BCUT2D eigenvalue weighted by molar-refractivity contribution is 6.09. The topological polar surface area (TPSA) is 236 Å². The average molecular weight is 743 g/mol. The number of carbonyl (C=O) groups excluding carboxylic acids is 5. The number of aromatic hydroxyl groups is 2.